The van der Waals surface area contributed by atoms with Crippen LogP contribution in [0.15, 0.2) is 18.3 Å². The molecule has 1 aromatic heterocycles. The van der Waals surface area contributed by atoms with Crippen LogP contribution in [0.5, 0.6) is 5.88 Å². The van der Waals surface area contributed by atoms with E-state index in [0.29, 0.717) is 5.46 Å². The standard InChI is InChI=1S/C9H9BF3NO/c1-8(2,9(11,12)13)15-7-4-3-6(10)5-14-7/h3-5H,1-2H3. The Bertz CT molecular complexity index is 334. The van der Waals surface area contributed by atoms with E-state index in [-0.39, 0.29) is 5.88 Å². The van der Waals surface area contributed by atoms with Crippen molar-refractivity contribution in [2.75, 3.05) is 0 Å². The van der Waals surface area contributed by atoms with Crippen molar-refractivity contribution in [3.05, 3.63) is 18.3 Å². The van der Waals surface area contributed by atoms with E-state index in [1.807, 2.05) is 0 Å². The lowest BCUT2D eigenvalue weighted by Crippen LogP contribution is -2.44. The van der Waals surface area contributed by atoms with Gasteiger partial charge in [-0.1, -0.05) is 11.5 Å². The average molecular weight is 215 g/mol. The fourth-order valence-corrected chi connectivity index (χ4v) is 0.771. The highest BCUT2D eigenvalue weighted by atomic mass is 19.4. The fraction of sp³-hybridized carbons (Fsp3) is 0.444. The van der Waals surface area contributed by atoms with Crippen molar-refractivity contribution in [3.63, 3.8) is 0 Å². The van der Waals surface area contributed by atoms with Gasteiger partial charge in [0.25, 0.3) is 0 Å². The minimum atomic E-state index is -4.45. The Morgan fingerprint density at radius 2 is 1.87 bits per heavy atom. The second-order valence-corrected chi connectivity index (χ2v) is 3.54. The summed E-state index contributed by atoms with van der Waals surface area (Å²) in [4.78, 5) is 3.63. The quantitative estimate of drug-likeness (QED) is 0.699. The van der Waals surface area contributed by atoms with Crippen LogP contribution in [-0.4, -0.2) is 24.6 Å². The van der Waals surface area contributed by atoms with E-state index >= 15 is 0 Å². The van der Waals surface area contributed by atoms with Crippen molar-refractivity contribution in [1.82, 2.24) is 4.98 Å². The zero-order chi connectivity index (χ0) is 11.7. The second kappa shape index (κ2) is 3.75. The minimum absolute atomic E-state index is 0.105. The summed E-state index contributed by atoms with van der Waals surface area (Å²) in [6, 6.07) is 2.72. The van der Waals surface area contributed by atoms with Gasteiger partial charge in [-0.3, -0.25) is 0 Å². The highest BCUT2D eigenvalue weighted by Gasteiger charge is 2.50. The van der Waals surface area contributed by atoms with Crippen LogP contribution in [0, 0.1) is 0 Å². The number of hydrogen-bond acceptors (Lipinski definition) is 2. The van der Waals surface area contributed by atoms with Crippen molar-refractivity contribution in [2.24, 2.45) is 0 Å². The maximum absolute atomic E-state index is 12.4. The van der Waals surface area contributed by atoms with Crippen molar-refractivity contribution < 1.29 is 17.9 Å². The van der Waals surface area contributed by atoms with Gasteiger partial charge in [-0.25, -0.2) is 4.98 Å². The van der Waals surface area contributed by atoms with E-state index in [1.165, 1.54) is 18.3 Å². The van der Waals surface area contributed by atoms with E-state index in [0.717, 1.165) is 13.8 Å². The first-order valence-corrected chi connectivity index (χ1v) is 4.20. The topological polar surface area (TPSA) is 22.1 Å². The molecule has 1 aromatic rings. The van der Waals surface area contributed by atoms with Gasteiger partial charge in [0, 0.05) is 6.20 Å². The number of pyridine rings is 1. The molecule has 0 amide bonds. The van der Waals surface area contributed by atoms with Gasteiger partial charge < -0.3 is 4.74 Å². The van der Waals surface area contributed by atoms with Gasteiger partial charge in [0.15, 0.2) is 5.60 Å². The molecular formula is C9H9BF3NO. The predicted molar refractivity (Wildman–Crippen MR) is 50.4 cm³/mol. The van der Waals surface area contributed by atoms with Crippen LogP contribution in [-0.2, 0) is 0 Å². The zero-order valence-electron chi connectivity index (χ0n) is 8.30. The molecular weight excluding hydrogens is 206 g/mol. The van der Waals surface area contributed by atoms with Crippen molar-refractivity contribution in [2.45, 2.75) is 25.6 Å². The molecule has 0 bridgehead atoms. The predicted octanol–water partition coefficient (Wildman–Crippen LogP) is 1.60. The number of rotatable bonds is 2. The van der Waals surface area contributed by atoms with E-state index < -0.39 is 11.8 Å². The molecule has 15 heavy (non-hydrogen) atoms. The van der Waals surface area contributed by atoms with E-state index in [4.69, 9.17) is 12.6 Å². The summed E-state index contributed by atoms with van der Waals surface area (Å²) in [6.07, 6.45) is -3.21. The Hall–Kier alpha value is -1.20. The van der Waals surface area contributed by atoms with Crippen molar-refractivity contribution in [1.29, 1.82) is 0 Å². The smallest absolute Gasteiger partial charge is 0.427 e. The van der Waals surface area contributed by atoms with Crippen LogP contribution >= 0.6 is 0 Å². The number of halogens is 3. The highest BCUT2D eigenvalue weighted by Crippen LogP contribution is 2.33. The molecule has 0 aromatic carbocycles. The monoisotopic (exact) mass is 215 g/mol. The van der Waals surface area contributed by atoms with Gasteiger partial charge in [-0.2, -0.15) is 13.2 Å². The normalized spacial score (nSPS) is 12.6. The molecule has 0 aliphatic carbocycles. The summed E-state index contributed by atoms with van der Waals surface area (Å²) in [6.45, 7) is 1.87. The third-order valence-corrected chi connectivity index (χ3v) is 1.80. The summed E-state index contributed by atoms with van der Waals surface area (Å²) >= 11 is 0. The lowest BCUT2D eigenvalue weighted by Gasteiger charge is -2.28. The maximum atomic E-state index is 12.4. The number of hydrogen-bond donors (Lipinski definition) is 0. The van der Waals surface area contributed by atoms with Gasteiger partial charge >= 0.3 is 6.18 Å². The van der Waals surface area contributed by atoms with Crippen molar-refractivity contribution in [3.8, 4) is 5.88 Å². The largest absolute Gasteiger partial charge is 0.462 e. The maximum Gasteiger partial charge on any atom is 0.427 e. The van der Waals surface area contributed by atoms with Crippen LogP contribution in [0.3, 0.4) is 0 Å². The average Bonchev–Trinajstić information content (AvgIpc) is 2.06. The Balaban J connectivity index is 2.82. The van der Waals surface area contributed by atoms with Crippen LogP contribution in [0.1, 0.15) is 13.8 Å². The molecule has 2 radical (unpaired) electrons. The molecule has 0 aliphatic heterocycles. The van der Waals surface area contributed by atoms with Gasteiger partial charge in [-0.05, 0) is 19.9 Å². The molecule has 1 rings (SSSR count). The Morgan fingerprint density at radius 3 is 2.27 bits per heavy atom. The molecule has 0 spiro atoms. The molecule has 2 nitrogen and oxygen atoms in total. The summed E-state index contributed by atoms with van der Waals surface area (Å²) in [5.41, 5.74) is -1.90. The first-order valence-electron chi connectivity index (χ1n) is 4.20. The molecule has 0 N–H and O–H groups in total. The number of nitrogens with zero attached hydrogens (tertiary/aromatic N) is 1. The number of aromatic nitrogens is 1. The van der Waals surface area contributed by atoms with E-state index in [1.54, 1.807) is 0 Å². The molecule has 0 fully saturated rings. The van der Waals surface area contributed by atoms with Crippen molar-refractivity contribution >= 4 is 13.3 Å². The van der Waals surface area contributed by atoms with Crippen LogP contribution in [0.25, 0.3) is 0 Å². The Labute approximate surface area is 86.9 Å². The molecule has 80 valence electrons. The molecule has 0 atom stereocenters. The summed E-state index contributed by atoms with van der Waals surface area (Å²) < 4.78 is 42.0. The van der Waals surface area contributed by atoms with Gasteiger partial charge in [0.2, 0.25) is 5.88 Å². The lowest BCUT2D eigenvalue weighted by atomic mass is 9.99. The number of ether oxygens (including phenoxy) is 1. The van der Waals surface area contributed by atoms with Crippen LogP contribution in [0.4, 0.5) is 13.2 Å². The van der Waals surface area contributed by atoms with Gasteiger partial charge in [0.05, 0.1) is 0 Å². The highest BCUT2D eigenvalue weighted by molar-refractivity contribution is 6.32. The summed E-state index contributed by atoms with van der Waals surface area (Å²) in [5, 5.41) is 0. The fourth-order valence-electron chi connectivity index (χ4n) is 0.771. The van der Waals surface area contributed by atoms with Crippen LogP contribution in [0.2, 0.25) is 0 Å². The Morgan fingerprint density at radius 1 is 1.27 bits per heavy atom. The second-order valence-electron chi connectivity index (χ2n) is 3.54. The SMILES string of the molecule is [B]c1ccc(OC(C)(C)C(F)(F)F)nc1. The molecule has 0 unspecified atom stereocenters. The zero-order valence-corrected chi connectivity index (χ0v) is 8.30. The van der Waals surface area contributed by atoms with Gasteiger partial charge in [0.1, 0.15) is 7.85 Å². The van der Waals surface area contributed by atoms with E-state index in [2.05, 4.69) is 4.98 Å². The Kier molecular flexibility index (Phi) is 2.97. The van der Waals surface area contributed by atoms with Gasteiger partial charge in [-0.15, -0.1) is 0 Å². The molecule has 6 heteroatoms. The third kappa shape index (κ3) is 2.87. The number of alkyl halides is 3. The molecule has 0 aliphatic rings. The van der Waals surface area contributed by atoms with Crippen LogP contribution < -0.4 is 10.2 Å². The molecule has 1 heterocycles. The van der Waals surface area contributed by atoms with E-state index in [9.17, 15) is 13.2 Å². The minimum Gasteiger partial charge on any atom is -0.462 e. The first-order chi connectivity index (χ1) is 6.72. The lowest BCUT2D eigenvalue weighted by molar-refractivity contribution is -0.235. The summed E-state index contributed by atoms with van der Waals surface area (Å²) in [5.74, 6) is -0.105. The molecule has 0 saturated heterocycles. The summed E-state index contributed by atoms with van der Waals surface area (Å²) in [7, 11) is 5.34. The third-order valence-electron chi connectivity index (χ3n) is 1.80. The first kappa shape index (κ1) is 11.9. The molecule has 0 saturated carbocycles.